The number of aryl methyl sites for hydroxylation is 2. The van der Waals surface area contributed by atoms with Gasteiger partial charge in [0.25, 0.3) is 11.8 Å². The number of hydrazine groups is 1. The molecule has 0 radical (unpaired) electrons. The fourth-order valence-corrected chi connectivity index (χ4v) is 2.36. The van der Waals surface area contributed by atoms with Gasteiger partial charge >= 0.3 is 0 Å². The fraction of sp³-hybridized carbons (Fsp3) is 0.167. The van der Waals surface area contributed by atoms with Gasteiger partial charge in [0.2, 0.25) is 5.84 Å². The van der Waals surface area contributed by atoms with Crippen molar-refractivity contribution >= 4 is 29.0 Å². The summed E-state index contributed by atoms with van der Waals surface area (Å²) in [6, 6.07) is 14.9. The lowest BCUT2D eigenvalue weighted by Gasteiger charge is -2.27. The maximum absolute atomic E-state index is 12.4. The zero-order chi connectivity index (χ0) is 17.1. The molecule has 122 valence electrons. The Hall–Kier alpha value is -3.15. The van der Waals surface area contributed by atoms with E-state index in [4.69, 9.17) is 0 Å². The Balaban J connectivity index is 1.75. The van der Waals surface area contributed by atoms with Gasteiger partial charge in [0.1, 0.15) is 6.54 Å². The van der Waals surface area contributed by atoms with Crippen molar-refractivity contribution in [1.29, 1.82) is 0 Å². The number of hydrogen-bond acceptors (Lipinski definition) is 4. The predicted octanol–water partition coefficient (Wildman–Crippen LogP) is 2.19. The number of carbonyl (C=O) groups is 2. The van der Waals surface area contributed by atoms with Crippen LogP contribution in [0.2, 0.25) is 0 Å². The van der Waals surface area contributed by atoms with Crippen molar-refractivity contribution in [2.24, 2.45) is 4.99 Å². The van der Waals surface area contributed by atoms with Crippen LogP contribution in [0, 0.1) is 13.8 Å². The third kappa shape index (κ3) is 3.43. The van der Waals surface area contributed by atoms with E-state index in [-0.39, 0.29) is 24.2 Å². The van der Waals surface area contributed by atoms with E-state index in [1.54, 1.807) is 6.07 Å². The molecule has 0 bridgehead atoms. The number of nitrogens with zero attached hydrogens (tertiary/aromatic N) is 2. The zero-order valence-corrected chi connectivity index (χ0v) is 13.5. The second-order valence-electron chi connectivity index (χ2n) is 5.66. The summed E-state index contributed by atoms with van der Waals surface area (Å²) in [4.78, 5) is 28.5. The highest BCUT2D eigenvalue weighted by Crippen LogP contribution is 2.15. The first kappa shape index (κ1) is 15.7. The van der Waals surface area contributed by atoms with Gasteiger partial charge in [0.05, 0.1) is 5.69 Å². The molecule has 2 aromatic rings. The normalized spacial score (nSPS) is 14.0. The van der Waals surface area contributed by atoms with Gasteiger partial charge in [-0.25, -0.2) is 5.01 Å². The summed E-state index contributed by atoms with van der Waals surface area (Å²) in [5.41, 5.74) is 6.28. The van der Waals surface area contributed by atoms with E-state index in [0.717, 1.165) is 11.1 Å². The lowest BCUT2D eigenvalue weighted by Crippen LogP contribution is -2.54. The Kier molecular flexibility index (Phi) is 4.29. The Morgan fingerprint density at radius 2 is 1.88 bits per heavy atom. The third-order valence-corrected chi connectivity index (χ3v) is 3.62. The van der Waals surface area contributed by atoms with Crippen LogP contribution < -0.4 is 15.8 Å². The van der Waals surface area contributed by atoms with Crippen LogP contribution >= 0.6 is 0 Å². The largest absolute Gasteiger partial charge is 0.319 e. The molecule has 2 aromatic carbocycles. The number of anilines is 2. The molecule has 1 aliphatic rings. The summed E-state index contributed by atoms with van der Waals surface area (Å²) in [6.45, 7) is 3.85. The highest BCUT2D eigenvalue weighted by atomic mass is 16.2. The van der Waals surface area contributed by atoms with E-state index < -0.39 is 0 Å². The highest BCUT2D eigenvalue weighted by Gasteiger charge is 2.25. The molecule has 24 heavy (non-hydrogen) atoms. The fourth-order valence-electron chi connectivity index (χ4n) is 2.36. The molecule has 0 saturated heterocycles. The maximum atomic E-state index is 12.4. The minimum Gasteiger partial charge on any atom is -0.319 e. The van der Waals surface area contributed by atoms with E-state index in [2.05, 4.69) is 15.7 Å². The predicted molar refractivity (Wildman–Crippen MR) is 93.9 cm³/mol. The lowest BCUT2D eigenvalue weighted by molar-refractivity contribution is -0.118. The number of amidine groups is 1. The number of benzene rings is 2. The van der Waals surface area contributed by atoms with E-state index in [1.165, 1.54) is 5.01 Å². The van der Waals surface area contributed by atoms with Crippen molar-refractivity contribution in [2.45, 2.75) is 13.8 Å². The molecule has 0 saturated carbocycles. The number of hydrogen-bond donors (Lipinski definition) is 2. The van der Waals surface area contributed by atoms with Crippen molar-refractivity contribution in [2.75, 3.05) is 16.9 Å². The number of rotatable bonds is 3. The highest BCUT2D eigenvalue weighted by molar-refractivity contribution is 6.43. The summed E-state index contributed by atoms with van der Waals surface area (Å²) in [7, 11) is 0. The van der Waals surface area contributed by atoms with Gasteiger partial charge in [-0.05, 0) is 43.7 Å². The topological polar surface area (TPSA) is 73.8 Å². The second-order valence-corrected chi connectivity index (χ2v) is 5.66. The van der Waals surface area contributed by atoms with Gasteiger partial charge in [-0.3, -0.25) is 20.0 Å². The van der Waals surface area contributed by atoms with Crippen LogP contribution in [0.3, 0.4) is 0 Å². The SMILES string of the molecule is Cc1ccc(N2NC(C(=O)Nc3cccc(C)c3)=NCC2=O)cc1. The van der Waals surface area contributed by atoms with Gasteiger partial charge in [0.15, 0.2) is 0 Å². The van der Waals surface area contributed by atoms with Crippen LogP contribution in [0.5, 0.6) is 0 Å². The quantitative estimate of drug-likeness (QED) is 0.910. The molecule has 1 aliphatic heterocycles. The molecule has 0 spiro atoms. The van der Waals surface area contributed by atoms with E-state index in [0.29, 0.717) is 11.4 Å². The molecule has 0 unspecified atom stereocenters. The van der Waals surface area contributed by atoms with Crippen molar-refractivity contribution in [1.82, 2.24) is 5.43 Å². The van der Waals surface area contributed by atoms with Crippen molar-refractivity contribution in [3.8, 4) is 0 Å². The molecule has 0 fully saturated rings. The van der Waals surface area contributed by atoms with Gasteiger partial charge in [0, 0.05) is 5.69 Å². The molecule has 3 rings (SSSR count). The third-order valence-electron chi connectivity index (χ3n) is 3.62. The van der Waals surface area contributed by atoms with Crippen LogP contribution in [-0.2, 0) is 9.59 Å². The van der Waals surface area contributed by atoms with Crippen LogP contribution in [0.15, 0.2) is 53.5 Å². The molecule has 1 heterocycles. The summed E-state index contributed by atoms with van der Waals surface area (Å²) in [6.07, 6.45) is 0. The minimum absolute atomic E-state index is 0.0720. The molecule has 6 nitrogen and oxygen atoms in total. The van der Waals surface area contributed by atoms with E-state index in [9.17, 15) is 9.59 Å². The minimum atomic E-state index is -0.384. The number of aliphatic imine (C=N–C) groups is 1. The van der Waals surface area contributed by atoms with Crippen molar-refractivity contribution < 1.29 is 9.59 Å². The van der Waals surface area contributed by atoms with Crippen LogP contribution in [0.4, 0.5) is 11.4 Å². The van der Waals surface area contributed by atoms with E-state index >= 15 is 0 Å². The van der Waals surface area contributed by atoms with Crippen LogP contribution in [0.1, 0.15) is 11.1 Å². The van der Waals surface area contributed by atoms with Crippen molar-refractivity contribution in [3.63, 3.8) is 0 Å². The molecular formula is C18H18N4O2. The first-order chi connectivity index (χ1) is 11.5. The second kappa shape index (κ2) is 6.54. The first-order valence-electron chi connectivity index (χ1n) is 7.62. The Bertz CT molecular complexity index is 812. The summed E-state index contributed by atoms with van der Waals surface area (Å²) in [5.74, 6) is -0.493. The summed E-state index contributed by atoms with van der Waals surface area (Å²) in [5, 5.41) is 4.12. The Morgan fingerprint density at radius 1 is 1.12 bits per heavy atom. The molecule has 2 amide bonds. The summed E-state index contributed by atoms with van der Waals surface area (Å²) < 4.78 is 0. The van der Waals surface area contributed by atoms with Gasteiger partial charge in [-0.15, -0.1) is 0 Å². The smallest absolute Gasteiger partial charge is 0.292 e. The Labute approximate surface area is 140 Å². The number of carbonyl (C=O) groups excluding carboxylic acids is 2. The number of nitrogens with one attached hydrogen (secondary N) is 2. The lowest BCUT2D eigenvalue weighted by atomic mass is 10.2. The van der Waals surface area contributed by atoms with Crippen LogP contribution in [-0.4, -0.2) is 24.2 Å². The average Bonchev–Trinajstić information content (AvgIpc) is 2.56. The Morgan fingerprint density at radius 3 is 2.58 bits per heavy atom. The monoisotopic (exact) mass is 322 g/mol. The van der Waals surface area contributed by atoms with Crippen LogP contribution in [0.25, 0.3) is 0 Å². The van der Waals surface area contributed by atoms with Gasteiger partial charge in [-0.2, -0.15) is 0 Å². The van der Waals surface area contributed by atoms with Gasteiger partial charge < -0.3 is 5.32 Å². The average molecular weight is 322 g/mol. The first-order valence-corrected chi connectivity index (χ1v) is 7.62. The van der Waals surface area contributed by atoms with Crippen molar-refractivity contribution in [3.05, 3.63) is 59.7 Å². The zero-order valence-electron chi connectivity index (χ0n) is 13.5. The maximum Gasteiger partial charge on any atom is 0.292 e. The summed E-state index contributed by atoms with van der Waals surface area (Å²) >= 11 is 0. The molecule has 2 N–H and O–H groups in total. The molecule has 0 aliphatic carbocycles. The molecule has 0 aromatic heterocycles. The molecule has 0 atom stereocenters. The van der Waals surface area contributed by atoms with Gasteiger partial charge in [-0.1, -0.05) is 29.8 Å². The number of amides is 2. The van der Waals surface area contributed by atoms with E-state index in [1.807, 2.05) is 56.3 Å². The molecular weight excluding hydrogens is 304 g/mol. The molecule has 6 heteroatoms. The standard InChI is InChI=1S/C18H18N4O2/c1-12-6-8-15(9-7-12)22-16(23)11-19-17(21-22)18(24)20-14-5-3-4-13(2)10-14/h3-10H,11H2,1-2H3,(H,19,21)(H,20,24).